The van der Waals surface area contributed by atoms with Gasteiger partial charge >= 0.3 is 0 Å². The minimum absolute atomic E-state index is 0.177. The van der Waals surface area contributed by atoms with E-state index in [9.17, 15) is 14.9 Å². The van der Waals surface area contributed by atoms with E-state index in [0.717, 1.165) is 37.7 Å². The van der Waals surface area contributed by atoms with Crippen LogP contribution >= 0.6 is 11.6 Å². The van der Waals surface area contributed by atoms with Crippen molar-refractivity contribution in [3.63, 3.8) is 0 Å². The molecule has 0 saturated heterocycles. The predicted molar refractivity (Wildman–Crippen MR) is 82.3 cm³/mol. The van der Waals surface area contributed by atoms with Crippen LogP contribution in [0.1, 0.15) is 50.0 Å². The van der Waals surface area contributed by atoms with Gasteiger partial charge in [-0.15, -0.1) is 0 Å². The highest BCUT2D eigenvalue weighted by atomic mass is 35.5. The summed E-state index contributed by atoms with van der Waals surface area (Å²) >= 11 is 5.88. The number of nitrogens with zero attached hydrogens (tertiary/aromatic N) is 1. The average molecular weight is 310 g/mol. The maximum atomic E-state index is 12.4. The molecule has 0 radical (unpaired) electrons. The Balaban J connectivity index is 2.26. The minimum Gasteiger partial charge on any atom is -0.299 e. The highest BCUT2D eigenvalue weighted by Gasteiger charge is 2.33. The van der Waals surface area contributed by atoms with E-state index >= 15 is 0 Å². The molecule has 1 aromatic carbocycles. The Labute approximate surface area is 129 Å². The van der Waals surface area contributed by atoms with Gasteiger partial charge in [0.2, 0.25) is 6.54 Å². The number of carbonyl (C=O) groups is 1. The van der Waals surface area contributed by atoms with Gasteiger partial charge in [0.25, 0.3) is 0 Å². The standard InChI is InChI=1S/C16H20ClNO3/c17-13-9-7-12(8-10-13)15(11-18(20)21)14-5-3-1-2-4-6-16(14)19/h7-10,14-15H,1-6,11H2. The molecule has 1 fully saturated rings. The summed E-state index contributed by atoms with van der Waals surface area (Å²) in [6.07, 6.45) is 5.36. The van der Waals surface area contributed by atoms with Crippen molar-refractivity contribution >= 4 is 17.4 Å². The molecule has 5 heteroatoms. The summed E-state index contributed by atoms with van der Waals surface area (Å²) in [7, 11) is 0. The number of ketones is 1. The summed E-state index contributed by atoms with van der Waals surface area (Å²) in [4.78, 5) is 23.1. The number of hydrogen-bond donors (Lipinski definition) is 0. The van der Waals surface area contributed by atoms with Crippen molar-refractivity contribution < 1.29 is 9.72 Å². The van der Waals surface area contributed by atoms with Crippen molar-refractivity contribution in [2.45, 2.75) is 44.4 Å². The molecule has 0 spiro atoms. The number of benzene rings is 1. The van der Waals surface area contributed by atoms with E-state index in [1.54, 1.807) is 12.1 Å². The number of halogens is 1. The summed E-state index contributed by atoms with van der Waals surface area (Å²) in [5.74, 6) is -0.406. The number of Topliss-reactive ketones (excluding diaryl/α,β-unsaturated/α-hetero) is 1. The molecule has 0 aliphatic heterocycles. The second kappa shape index (κ2) is 7.55. The first-order chi connectivity index (χ1) is 10.1. The largest absolute Gasteiger partial charge is 0.299 e. The summed E-state index contributed by atoms with van der Waals surface area (Å²) in [5, 5.41) is 11.6. The molecule has 0 aromatic heterocycles. The Morgan fingerprint density at radius 1 is 1.19 bits per heavy atom. The highest BCUT2D eigenvalue weighted by Crippen LogP contribution is 2.33. The predicted octanol–water partition coefficient (Wildman–Crippen LogP) is 4.24. The molecule has 114 valence electrons. The van der Waals surface area contributed by atoms with Crippen molar-refractivity contribution in [2.24, 2.45) is 5.92 Å². The molecule has 1 aromatic rings. The van der Waals surface area contributed by atoms with E-state index in [0.29, 0.717) is 11.4 Å². The molecule has 1 saturated carbocycles. The molecular weight excluding hydrogens is 290 g/mol. The Hall–Kier alpha value is -1.42. The second-order valence-corrected chi connectivity index (χ2v) is 6.14. The number of rotatable bonds is 4. The molecular formula is C16H20ClNO3. The van der Waals surface area contributed by atoms with Gasteiger partial charge in [0.05, 0.1) is 5.92 Å². The Bertz CT molecular complexity index is 501. The fourth-order valence-corrected chi connectivity index (χ4v) is 3.25. The SMILES string of the molecule is O=C1CCCCCCC1C(C[N+](=O)[O-])c1ccc(Cl)cc1. The van der Waals surface area contributed by atoms with Crippen molar-refractivity contribution in [3.05, 3.63) is 45.0 Å². The summed E-state index contributed by atoms with van der Waals surface area (Å²) < 4.78 is 0. The molecule has 2 atom stereocenters. The highest BCUT2D eigenvalue weighted by molar-refractivity contribution is 6.30. The van der Waals surface area contributed by atoms with Crippen LogP contribution in [0.15, 0.2) is 24.3 Å². The monoisotopic (exact) mass is 309 g/mol. The topological polar surface area (TPSA) is 60.2 Å². The zero-order valence-corrected chi connectivity index (χ0v) is 12.7. The molecule has 1 aliphatic rings. The van der Waals surface area contributed by atoms with E-state index in [2.05, 4.69) is 0 Å². The smallest absolute Gasteiger partial charge is 0.211 e. The van der Waals surface area contributed by atoms with E-state index in [1.807, 2.05) is 12.1 Å². The molecule has 1 aliphatic carbocycles. The van der Waals surface area contributed by atoms with Crippen LogP contribution in [0.4, 0.5) is 0 Å². The minimum atomic E-state index is -0.345. The fraction of sp³-hybridized carbons (Fsp3) is 0.562. The lowest BCUT2D eigenvalue weighted by atomic mass is 9.77. The lowest BCUT2D eigenvalue weighted by Gasteiger charge is -2.25. The number of carbonyl (C=O) groups excluding carboxylic acids is 1. The lowest BCUT2D eigenvalue weighted by Crippen LogP contribution is -2.28. The maximum absolute atomic E-state index is 12.4. The molecule has 21 heavy (non-hydrogen) atoms. The first-order valence-electron chi connectivity index (χ1n) is 7.48. The molecule has 0 heterocycles. The van der Waals surface area contributed by atoms with Crippen LogP contribution in [0.5, 0.6) is 0 Å². The zero-order chi connectivity index (χ0) is 15.2. The third-order valence-corrected chi connectivity index (χ3v) is 4.48. The van der Waals surface area contributed by atoms with Gasteiger partial charge in [0.1, 0.15) is 5.78 Å². The normalized spacial score (nSPS) is 21.4. The van der Waals surface area contributed by atoms with Gasteiger partial charge in [0.15, 0.2) is 0 Å². The Kier molecular flexibility index (Phi) is 5.74. The van der Waals surface area contributed by atoms with Gasteiger partial charge in [-0.05, 0) is 30.5 Å². The maximum Gasteiger partial charge on any atom is 0.211 e. The zero-order valence-electron chi connectivity index (χ0n) is 12.0. The molecule has 0 amide bonds. The van der Waals surface area contributed by atoms with Crippen LogP contribution in [0.25, 0.3) is 0 Å². The Morgan fingerprint density at radius 2 is 1.86 bits per heavy atom. The average Bonchev–Trinajstić information content (AvgIpc) is 2.42. The second-order valence-electron chi connectivity index (χ2n) is 5.70. The van der Waals surface area contributed by atoms with Gasteiger partial charge in [-0.25, -0.2) is 0 Å². The van der Waals surface area contributed by atoms with Crippen LogP contribution < -0.4 is 0 Å². The van der Waals surface area contributed by atoms with Gasteiger partial charge < -0.3 is 0 Å². The molecule has 4 nitrogen and oxygen atoms in total. The van der Waals surface area contributed by atoms with E-state index in [1.165, 1.54) is 0 Å². The summed E-state index contributed by atoms with van der Waals surface area (Å²) in [6, 6.07) is 7.08. The first-order valence-corrected chi connectivity index (χ1v) is 7.85. The summed E-state index contributed by atoms with van der Waals surface area (Å²) in [6.45, 7) is -0.196. The van der Waals surface area contributed by atoms with Crippen molar-refractivity contribution in [1.82, 2.24) is 0 Å². The van der Waals surface area contributed by atoms with Crippen molar-refractivity contribution in [1.29, 1.82) is 0 Å². The van der Waals surface area contributed by atoms with Gasteiger partial charge in [-0.3, -0.25) is 14.9 Å². The van der Waals surface area contributed by atoms with Crippen LogP contribution in [0, 0.1) is 16.0 Å². The first kappa shape index (κ1) is 16.0. The third-order valence-electron chi connectivity index (χ3n) is 4.23. The van der Waals surface area contributed by atoms with E-state index in [4.69, 9.17) is 11.6 Å². The molecule has 2 rings (SSSR count). The van der Waals surface area contributed by atoms with Crippen molar-refractivity contribution in [3.8, 4) is 0 Å². The van der Waals surface area contributed by atoms with Crippen LogP contribution in [-0.4, -0.2) is 17.3 Å². The van der Waals surface area contributed by atoms with Crippen molar-refractivity contribution in [2.75, 3.05) is 6.54 Å². The summed E-state index contributed by atoms with van der Waals surface area (Å²) in [5.41, 5.74) is 0.843. The number of nitro groups is 1. The third kappa shape index (κ3) is 4.53. The van der Waals surface area contributed by atoms with Gasteiger partial charge in [-0.2, -0.15) is 0 Å². The van der Waals surface area contributed by atoms with Crippen LogP contribution in [0.3, 0.4) is 0 Å². The molecule has 0 N–H and O–H groups in total. The van der Waals surface area contributed by atoms with Crippen LogP contribution in [0.2, 0.25) is 5.02 Å². The van der Waals surface area contributed by atoms with Crippen LogP contribution in [-0.2, 0) is 4.79 Å². The van der Waals surface area contributed by atoms with Gasteiger partial charge in [0, 0.05) is 22.3 Å². The lowest BCUT2D eigenvalue weighted by molar-refractivity contribution is -0.484. The molecule has 0 bridgehead atoms. The Morgan fingerprint density at radius 3 is 2.52 bits per heavy atom. The quantitative estimate of drug-likeness (QED) is 0.617. The van der Waals surface area contributed by atoms with E-state index in [-0.39, 0.29) is 29.1 Å². The molecule has 2 unspecified atom stereocenters. The fourth-order valence-electron chi connectivity index (χ4n) is 3.12. The number of hydrogen-bond acceptors (Lipinski definition) is 3. The van der Waals surface area contributed by atoms with Gasteiger partial charge in [-0.1, -0.05) is 43.0 Å². The van der Waals surface area contributed by atoms with E-state index < -0.39 is 0 Å².